The minimum absolute atomic E-state index is 0.341. The first-order valence-corrected chi connectivity index (χ1v) is 8.84. The van der Waals surface area contributed by atoms with Crippen molar-refractivity contribution in [1.82, 2.24) is 9.80 Å². The number of likely N-dealkylation sites (N-methyl/N-ethyl adjacent to an activating group) is 1. The Balaban J connectivity index is 1.70. The van der Waals surface area contributed by atoms with Gasteiger partial charge >= 0.3 is 0 Å². The van der Waals surface area contributed by atoms with Crippen LogP contribution in [-0.4, -0.2) is 47.4 Å². The minimum Gasteiger partial charge on any atom is -0.335 e. The average Bonchev–Trinajstić information content (AvgIpc) is 2.64. The first-order valence-electron chi connectivity index (χ1n) is 8.84. The van der Waals surface area contributed by atoms with Gasteiger partial charge in [-0.05, 0) is 38.6 Å². The number of carbonyl (C=O) groups is 1. The number of fused-ring (bicyclic) bond motifs is 2. The zero-order valence-corrected chi connectivity index (χ0v) is 13.0. The van der Waals surface area contributed by atoms with E-state index in [1.807, 2.05) is 0 Å². The molecule has 2 atom stereocenters. The molecule has 3 aliphatic rings. The van der Waals surface area contributed by atoms with E-state index in [9.17, 15) is 4.79 Å². The number of hydrogen-bond donors (Lipinski definition) is 0. The molecule has 1 aliphatic carbocycles. The van der Waals surface area contributed by atoms with Crippen molar-refractivity contribution in [3.63, 3.8) is 0 Å². The molecule has 2 heterocycles. The third-order valence-electron chi connectivity index (χ3n) is 5.77. The highest BCUT2D eigenvalue weighted by Crippen LogP contribution is 2.34. The second-order valence-corrected chi connectivity index (χ2v) is 7.00. The largest absolute Gasteiger partial charge is 0.335 e. The Hall–Kier alpha value is -0.570. The Morgan fingerprint density at radius 2 is 1.65 bits per heavy atom. The van der Waals surface area contributed by atoms with Crippen LogP contribution in [-0.2, 0) is 4.79 Å². The lowest BCUT2D eigenvalue weighted by molar-refractivity contribution is -0.138. The minimum atomic E-state index is 0.341. The molecule has 0 spiro atoms. The molecule has 0 aromatic carbocycles. The van der Waals surface area contributed by atoms with Crippen molar-refractivity contribution < 1.29 is 4.79 Å². The van der Waals surface area contributed by atoms with Crippen LogP contribution in [0.3, 0.4) is 0 Å². The van der Waals surface area contributed by atoms with Gasteiger partial charge in [0.1, 0.15) is 0 Å². The third-order valence-corrected chi connectivity index (χ3v) is 5.77. The van der Waals surface area contributed by atoms with Crippen LogP contribution in [0.25, 0.3) is 0 Å². The number of carbonyl (C=O) groups excluding carboxylic acids is 1. The highest BCUT2D eigenvalue weighted by Gasteiger charge is 2.41. The van der Waals surface area contributed by atoms with Gasteiger partial charge in [-0.2, -0.15) is 0 Å². The number of likely N-dealkylation sites (tertiary alicyclic amines) is 1. The molecule has 2 aliphatic heterocycles. The molecule has 1 saturated carbocycles. The van der Waals surface area contributed by atoms with Crippen molar-refractivity contribution in [3.05, 3.63) is 0 Å². The molecule has 0 N–H and O–H groups in total. The van der Waals surface area contributed by atoms with Crippen LogP contribution >= 0.6 is 0 Å². The van der Waals surface area contributed by atoms with Crippen molar-refractivity contribution >= 4 is 5.91 Å². The highest BCUT2D eigenvalue weighted by atomic mass is 16.2. The number of amides is 1. The standard InChI is InChI=1S/C17H30N2O/c1-2-18-12-11-15-9-10-16(13-18)19(15)17(20)14-7-5-3-4-6-8-14/h14-16H,2-13H2,1H3. The first kappa shape index (κ1) is 14.4. The summed E-state index contributed by atoms with van der Waals surface area (Å²) in [6.45, 7) is 5.68. The van der Waals surface area contributed by atoms with E-state index in [1.165, 1.54) is 51.5 Å². The lowest BCUT2D eigenvalue weighted by atomic mass is 9.97. The molecule has 3 fully saturated rings. The number of nitrogens with zero attached hydrogens (tertiary/aromatic N) is 2. The van der Waals surface area contributed by atoms with Crippen LogP contribution in [0.2, 0.25) is 0 Å². The van der Waals surface area contributed by atoms with E-state index in [-0.39, 0.29) is 0 Å². The summed E-state index contributed by atoms with van der Waals surface area (Å²) in [7, 11) is 0. The smallest absolute Gasteiger partial charge is 0.226 e. The van der Waals surface area contributed by atoms with Gasteiger partial charge < -0.3 is 9.80 Å². The second-order valence-electron chi connectivity index (χ2n) is 7.00. The van der Waals surface area contributed by atoms with Crippen molar-refractivity contribution in [3.8, 4) is 0 Å². The molecule has 1 amide bonds. The van der Waals surface area contributed by atoms with Crippen LogP contribution in [0, 0.1) is 5.92 Å². The molecular weight excluding hydrogens is 248 g/mol. The van der Waals surface area contributed by atoms with Gasteiger partial charge in [-0.3, -0.25) is 4.79 Å². The van der Waals surface area contributed by atoms with Gasteiger partial charge in [-0.25, -0.2) is 0 Å². The Morgan fingerprint density at radius 1 is 0.950 bits per heavy atom. The first-order chi connectivity index (χ1) is 9.79. The third kappa shape index (κ3) is 2.88. The summed E-state index contributed by atoms with van der Waals surface area (Å²) in [6, 6.07) is 1.06. The Bertz CT molecular complexity index is 336. The summed E-state index contributed by atoms with van der Waals surface area (Å²) in [5.74, 6) is 0.853. The predicted molar refractivity (Wildman–Crippen MR) is 81.6 cm³/mol. The van der Waals surface area contributed by atoms with Crippen LogP contribution in [0.5, 0.6) is 0 Å². The SMILES string of the molecule is CCN1CCC2CCC(C1)N2C(=O)C1CCCCCC1. The summed E-state index contributed by atoms with van der Waals surface area (Å²) in [4.78, 5) is 17.9. The molecule has 0 aromatic heterocycles. The summed E-state index contributed by atoms with van der Waals surface area (Å²) in [5, 5.41) is 0. The Morgan fingerprint density at radius 3 is 2.35 bits per heavy atom. The van der Waals surface area contributed by atoms with E-state index < -0.39 is 0 Å². The lowest BCUT2D eigenvalue weighted by Crippen LogP contribution is -2.45. The van der Waals surface area contributed by atoms with Gasteiger partial charge in [0.25, 0.3) is 0 Å². The van der Waals surface area contributed by atoms with Crippen molar-refractivity contribution in [2.24, 2.45) is 5.92 Å². The fourth-order valence-corrected chi connectivity index (χ4v) is 4.53. The topological polar surface area (TPSA) is 23.6 Å². The fraction of sp³-hybridized carbons (Fsp3) is 0.941. The van der Waals surface area contributed by atoms with E-state index in [2.05, 4.69) is 16.7 Å². The maximum Gasteiger partial charge on any atom is 0.226 e. The van der Waals surface area contributed by atoms with Gasteiger partial charge in [0.05, 0.1) is 0 Å². The highest BCUT2D eigenvalue weighted by molar-refractivity contribution is 5.80. The van der Waals surface area contributed by atoms with Gasteiger partial charge in [0, 0.05) is 31.1 Å². The van der Waals surface area contributed by atoms with Crippen LogP contribution < -0.4 is 0 Å². The van der Waals surface area contributed by atoms with E-state index in [4.69, 9.17) is 0 Å². The molecular formula is C17H30N2O. The molecule has 20 heavy (non-hydrogen) atoms. The van der Waals surface area contributed by atoms with E-state index in [0.29, 0.717) is 23.9 Å². The van der Waals surface area contributed by atoms with Gasteiger partial charge in [-0.1, -0.05) is 32.6 Å². The van der Waals surface area contributed by atoms with E-state index >= 15 is 0 Å². The quantitative estimate of drug-likeness (QED) is 0.725. The monoisotopic (exact) mass is 278 g/mol. The summed E-state index contributed by atoms with van der Waals surface area (Å²) in [5.41, 5.74) is 0. The molecule has 3 heteroatoms. The molecule has 2 unspecified atom stereocenters. The van der Waals surface area contributed by atoms with Crippen LogP contribution in [0.1, 0.15) is 64.7 Å². The summed E-state index contributed by atoms with van der Waals surface area (Å²) in [6.07, 6.45) is 11.2. The lowest BCUT2D eigenvalue weighted by Gasteiger charge is -2.32. The molecule has 3 nitrogen and oxygen atoms in total. The van der Waals surface area contributed by atoms with Crippen molar-refractivity contribution in [2.45, 2.75) is 76.8 Å². The zero-order chi connectivity index (χ0) is 13.9. The zero-order valence-electron chi connectivity index (χ0n) is 13.0. The average molecular weight is 278 g/mol. The summed E-state index contributed by atoms with van der Waals surface area (Å²) >= 11 is 0. The fourth-order valence-electron chi connectivity index (χ4n) is 4.53. The second kappa shape index (κ2) is 6.46. The predicted octanol–water partition coefficient (Wildman–Crippen LogP) is 3.04. The maximum absolute atomic E-state index is 13.0. The van der Waals surface area contributed by atoms with Crippen molar-refractivity contribution in [2.75, 3.05) is 19.6 Å². The van der Waals surface area contributed by atoms with Gasteiger partial charge in [-0.15, -0.1) is 0 Å². The molecule has 0 radical (unpaired) electrons. The molecule has 3 rings (SSSR count). The normalized spacial score (nSPS) is 33.0. The molecule has 0 aromatic rings. The van der Waals surface area contributed by atoms with Crippen LogP contribution in [0.15, 0.2) is 0 Å². The number of rotatable bonds is 2. The molecule has 2 bridgehead atoms. The number of hydrogen-bond acceptors (Lipinski definition) is 2. The Labute approximate surface area is 123 Å². The Kier molecular flexibility index (Phi) is 4.65. The van der Waals surface area contributed by atoms with Crippen LogP contribution in [0.4, 0.5) is 0 Å². The molecule has 2 saturated heterocycles. The molecule has 114 valence electrons. The maximum atomic E-state index is 13.0. The van der Waals surface area contributed by atoms with Gasteiger partial charge in [0.15, 0.2) is 0 Å². The van der Waals surface area contributed by atoms with E-state index in [1.54, 1.807) is 0 Å². The van der Waals surface area contributed by atoms with Gasteiger partial charge in [0.2, 0.25) is 5.91 Å². The van der Waals surface area contributed by atoms with Crippen molar-refractivity contribution in [1.29, 1.82) is 0 Å². The van der Waals surface area contributed by atoms with E-state index in [0.717, 1.165) is 25.9 Å². The summed E-state index contributed by atoms with van der Waals surface area (Å²) < 4.78 is 0.